The van der Waals surface area contributed by atoms with Crippen molar-refractivity contribution in [2.45, 2.75) is 32.5 Å². The topological polar surface area (TPSA) is 17.4 Å². The van der Waals surface area contributed by atoms with E-state index in [0.717, 1.165) is 36.2 Å². The summed E-state index contributed by atoms with van der Waals surface area (Å²) >= 11 is 0. The molecule has 1 unspecified atom stereocenters. The van der Waals surface area contributed by atoms with Crippen molar-refractivity contribution in [1.82, 2.24) is 9.47 Å². The second-order valence-electron chi connectivity index (χ2n) is 6.87. The van der Waals surface area contributed by atoms with Crippen LogP contribution in [0.15, 0.2) is 48.5 Å². The lowest BCUT2D eigenvalue weighted by atomic mass is 10.00. The molecular weight excluding hydrogens is 315 g/mol. The maximum atomic E-state index is 13.8. The van der Waals surface area contributed by atoms with Gasteiger partial charge < -0.3 is 9.30 Å². The average molecular weight is 338 g/mol. The van der Waals surface area contributed by atoms with Crippen LogP contribution in [0.2, 0.25) is 0 Å². The van der Waals surface area contributed by atoms with E-state index in [4.69, 9.17) is 4.74 Å². The fourth-order valence-corrected chi connectivity index (χ4v) is 3.73. The molecule has 0 radical (unpaired) electrons. The maximum absolute atomic E-state index is 13.8. The van der Waals surface area contributed by atoms with Crippen LogP contribution in [0.1, 0.15) is 18.2 Å². The van der Waals surface area contributed by atoms with Crippen molar-refractivity contribution < 1.29 is 9.13 Å². The fourth-order valence-electron chi connectivity index (χ4n) is 3.73. The van der Waals surface area contributed by atoms with Gasteiger partial charge in [0, 0.05) is 35.6 Å². The Morgan fingerprint density at radius 3 is 2.76 bits per heavy atom. The summed E-state index contributed by atoms with van der Waals surface area (Å²) in [5, 5.41) is 1.04. The number of para-hydroxylation sites is 1. The Hall–Kier alpha value is -2.33. The van der Waals surface area contributed by atoms with Gasteiger partial charge in [0.25, 0.3) is 0 Å². The minimum atomic E-state index is -0.172. The van der Waals surface area contributed by atoms with E-state index < -0.39 is 0 Å². The van der Waals surface area contributed by atoms with Crippen molar-refractivity contribution in [2.75, 3.05) is 13.7 Å². The van der Waals surface area contributed by atoms with Crippen LogP contribution in [0.4, 0.5) is 4.39 Å². The van der Waals surface area contributed by atoms with Gasteiger partial charge in [-0.1, -0.05) is 18.2 Å². The van der Waals surface area contributed by atoms with Gasteiger partial charge in [-0.05, 0) is 49.9 Å². The summed E-state index contributed by atoms with van der Waals surface area (Å²) in [5.74, 6) is 0.709. The summed E-state index contributed by atoms with van der Waals surface area (Å²) in [6.45, 7) is 4.47. The fraction of sp³-hybridized carbons (Fsp3) is 0.333. The normalized spacial score (nSPS) is 17.6. The van der Waals surface area contributed by atoms with E-state index in [1.165, 1.54) is 11.3 Å². The third kappa shape index (κ3) is 3.02. The lowest BCUT2D eigenvalue weighted by Crippen LogP contribution is -2.35. The smallest absolute Gasteiger partial charge is 0.123 e. The van der Waals surface area contributed by atoms with Gasteiger partial charge in [0.2, 0.25) is 0 Å². The summed E-state index contributed by atoms with van der Waals surface area (Å²) < 4.78 is 22.0. The zero-order chi connectivity index (χ0) is 17.4. The molecule has 1 aliphatic rings. The summed E-state index contributed by atoms with van der Waals surface area (Å²) in [5.41, 5.74) is 3.68. The number of nitrogens with zero attached hydrogens (tertiary/aromatic N) is 2. The first-order valence-electron chi connectivity index (χ1n) is 8.81. The van der Waals surface area contributed by atoms with E-state index in [1.54, 1.807) is 12.1 Å². The van der Waals surface area contributed by atoms with Crippen molar-refractivity contribution >= 4 is 10.9 Å². The minimum Gasteiger partial charge on any atom is -0.492 e. The quantitative estimate of drug-likeness (QED) is 0.708. The van der Waals surface area contributed by atoms with Crippen molar-refractivity contribution in [3.63, 3.8) is 0 Å². The van der Waals surface area contributed by atoms with Gasteiger partial charge in [0.15, 0.2) is 0 Å². The van der Waals surface area contributed by atoms with Gasteiger partial charge in [-0.2, -0.15) is 0 Å². The summed E-state index contributed by atoms with van der Waals surface area (Å²) in [6, 6.07) is 15.5. The van der Waals surface area contributed by atoms with E-state index in [2.05, 4.69) is 23.4 Å². The van der Waals surface area contributed by atoms with Crippen LogP contribution in [0.25, 0.3) is 10.9 Å². The SMILES string of the molecule is CC1Cc2c(c3cc(F)ccc3n2CCOc2ccccc2)CN1C. The molecule has 0 fully saturated rings. The monoisotopic (exact) mass is 338 g/mol. The van der Waals surface area contributed by atoms with Crippen molar-refractivity contribution in [2.24, 2.45) is 0 Å². The first kappa shape index (κ1) is 16.2. The van der Waals surface area contributed by atoms with Crippen LogP contribution in [0.5, 0.6) is 5.75 Å². The first-order valence-corrected chi connectivity index (χ1v) is 8.81. The molecule has 3 aromatic rings. The third-order valence-corrected chi connectivity index (χ3v) is 5.22. The molecule has 0 saturated heterocycles. The predicted molar refractivity (Wildman–Crippen MR) is 98.5 cm³/mol. The highest BCUT2D eigenvalue weighted by Gasteiger charge is 2.26. The molecule has 3 nitrogen and oxygen atoms in total. The highest BCUT2D eigenvalue weighted by Crippen LogP contribution is 2.33. The van der Waals surface area contributed by atoms with Crippen molar-refractivity contribution in [3.05, 3.63) is 65.6 Å². The number of hydrogen-bond donors (Lipinski definition) is 0. The molecule has 0 bridgehead atoms. The molecule has 0 saturated carbocycles. The van der Waals surface area contributed by atoms with Crippen LogP contribution >= 0.6 is 0 Å². The number of hydrogen-bond acceptors (Lipinski definition) is 2. The Labute approximate surface area is 147 Å². The Morgan fingerprint density at radius 2 is 1.96 bits per heavy atom. The van der Waals surface area contributed by atoms with Crippen LogP contribution in [0, 0.1) is 5.82 Å². The Bertz CT molecular complexity index is 888. The van der Waals surface area contributed by atoms with Crippen LogP contribution < -0.4 is 4.74 Å². The Morgan fingerprint density at radius 1 is 1.16 bits per heavy atom. The number of ether oxygens (including phenoxy) is 1. The maximum Gasteiger partial charge on any atom is 0.123 e. The van der Waals surface area contributed by atoms with Crippen molar-refractivity contribution in [1.29, 1.82) is 0 Å². The number of halogens is 1. The van der Waals surface area contributed by atoms with Gasteiger partial charge in [-0.25, -0.2) is 4.39 Å². The van der Waals surface area contributed by atoms with E-state index in [-0.39, 0.29) is 5.82 Å². The summed E-state index contributed by atoms with van der Waals surface area (Å²) in [7, 11) is 2.13. The third-order valence-electron chi connectivity index (χ3n) is 5.22. The molecule has 1 aromatic heterocycles. The van der Waals surface area contributed by atoms with Crippen molar-refractivity contribution in [3.8, 4) is 5.75 Å². The molecule has 2 heterocycles. The van der Waals surface area contributed by atoms with Gasteiger partial charge >= 0.3 is 0 Å². The Balaban J connectivity index is 1.67. The second kappa shape index (κ2) is 6.52. The second-order valence-corrected chi connectivity index (χ2v) is 6.87. The molecule has 2 aromatic carbocycles. The van der Waals surface area contributed by atoms with Crippen LogP contribution in [-0.2, 0) is 19.5 Å². The molecule has 130 valence electrons. The minimum absolute atomic E-state index is 0.172. The number of likely N-dealkylation sites (N-methyl/N-ethyl adjacent to an activating group) is 1. The molecule has 0 spiro atoms. The average Bonchev–Trinajstić information content (AvgIpc) is 2.89. The highest BCUT2D eigenvalue weighted by molar-refractivity contribution is 5.86. The molecule has 0 N–H and O–H groups in total. The lowest BCUT2D eigenvalue weighted by molar-refractivity contribution is 0.225. The molecule has 1 atom stereocenters. The summed E-state index contributed by atoms with van der Waals surface area (Å²) in [6.07, 6.45) is 0.980. The van der Waals surface area contributed by atoms with Gasteiger partial charge in [0.1, 0.15) is 18.2 Å². The largest absolute Gasteiger partial charge is 0.492 e. The highest BCUT2D eigenvalue weighted by atomic mass is 19.1. The first-order chi connectivity index (χ1) is 12.1. The zero-order valence-corrected chi connectivity index (χ0v) is 14.7. The van der Waals surface area contributed by atoms with Crippen LogP contribution in [0.3, 0.4) is 0 Å². The number of fused-ring (bicyclic) bond motifs is 3. The van der Waals surface area contributed by atoms with Gasteiger partial charge in [0.05, 0.1) is 6.54 Å². The Kier molecular flexibility index (Phi) is 4.22. The standard InChI is InChI=1S/C21H23FN2O/c1-15-12-21-19(14-23(15)2)18-13-16(22)8-9-20(18)24(21)10-11-25-17-6-4-3-5-7-17/h3-9,13,15H,10-12,14H2,1-2H3. The molecule has 0 aliphatic carbocycles. The number of aromatic nitrogens is 1. The number of rotatable bonds is 4. The van der Waals surface area contributed by atoms with E-state index >= 15 is 0 Å². The van der Waals surface area contributed by atoms with Gasteiger partial charge in [-0.3, -0.25) is 4.90 Å². The van der Waals surface area contributed by atoms with Crippen LogP contribution in [-0.4, -0.2) is 29.2 Å². The zero-order valence-electron chi connectivity index (χ0n) is 14.7. The lowest BCUT2D eigenvalue weighted by Gasteiger charge is -2.31. The molecule has 25 heavy (non-hydrogen) atoms. The summed E-state index contributed by atoms with van der Waals surface area (Å²) in [4.78, 5) is 2.33. The molecular formula is C21H23FN2O. The molecule has 4 heteroatoms. The molecule has 0 amide bonds. The predicted octanol–water partition coefficient (Wildman–Crippen LogP) is 4.24. The van der Waals surface area contributed by atoms with E-state index in [1.807, 2.05) is 36.4 Å². The number of benzene rings is 2. The van der Waals surface area contributed by atoms with Gasteiger partial charge in [-0.15, -0.1) is 0 Å². The molecule has 1 aliphatic heterocycles. The van der Waals surface area contributed by atoms with E-state index in [9.17, 15) is 4.39 Å². The van der Waals surface area contributed by atoms with E-state index in [0.29, 0.717) is 12.6 Å². The molecule has 4 rings (SSSR count).